The van der Waals surface area contributed by atoms with Crippen molar-refractivity contribution in [2.24, 2.45) is 7.05 Å². The molecule has 0 unspecified atom stereocenters. The summed E-state index contributed by atoms with van der Waals surface area (Å²) in [6, 6.07) is 5.56. The third kappa shape index (κ3) is 4.48. The van der Waals surface area contributed by atoms with Crippen LogP contribution in [-0.4, -0.2) is 55.3 Å². The number of aryl methyl sites for hydroxylation is 1. The molecule has 0 saturated heterocycles. The fraction of sp³-hybridized carbons (Fsp3) is 0.381. The average molecular weight is 505 g/mol. The molecule has 0 aliphatic heterocycles. The van der Waals surface area contributed by atoms with Crippen molar-refractivity contribution in [3.8, 4) is 11.4 Å². The lowest BCUT2D eigenvalue weighted by atomic mass is 10.1. The van der Waals surface area contributed by atoms with Gasteiger partial charge in [-0.25, -0.2) is 18.4 Å². The molecule has 4 aromatic rings. The molecule has 0 amide bonds. The van der Waals surface area contributed by atoms with E-state index in [4.69, 9.17) is 16.3 Å². The number of halogens is 1. The fourth-order valence-electron chi connectivity index (χ4n) is 3.75. The van der Waals surface area contributed by atoms with Gasteiger partial charge in [-0.05, 0) is 26.8 Å². The van der Waals surface area contributed by atoms with Gasteiger partial charge in [0.25, 0.3) is 0 Å². The van der Waals surface area contributed by atoms with Crippen LogP contribution in [-0.2, 0) is 21.8 Å². The number of ether oxygens (including phenoxy) is 1. The first kappa shape index (κ1) is 24.0. The number of rotatable bonds is 8. The molecular weight excluding hydrogens is 480 g/mol. The third-order valence-corrected chi connectivity index (χ3v) is 7.30. The maximum absolute atomic E-state index is 13.3. The molecule has 3 heterocycles. The highest BCUT2D eigenvalue weighted by Gasteiger charge is 2.34. The summed E-state index contributed by atoms with van der Waals surface area (Å²) in [6.45, 7) is 5.37. The van der Waals surface area contributed by atoms with Crippen molar-refractivity contribution in [1.29, 1.82) is 0 Å². The molecule has 0 bridgehead atoms. The van der Waals surface area contributed by atoms with Crippen LogP contribution in [0.25, 0.3) is 22.3 Å². The van der Waals surface area contributed by atoms with E-state index in [1.807, 2.05) is 45.3 Å². The Morgan fingerprint density at radius 1 is 1.12 bits per heavy atom. The van der Waals surface area contributed by atoms with Crippen LogP contribution in [0.15, 0.2) is 36.8 Å². The zero-order chi connectivity index (χ0) is 24.6. The molecule has 1 aromatic carbocycles. The number of anilines is 1. The fourth-order valence-corrected chi connectivity index (χ4v) is 4.98. The lowest BCUT2D eigenvalue weighted by Crippen LogP contribution is -2.33. The highest BCUT2D eigenvalue weighted by molar-refractivity contribution is 7.93. The first-order valence-electron chi connectivity index (χ1n) is 10.5. The number of benzene rings is 1. The quantitative estimate of drug-likeness (QED) is 0.386. The van der Waals surface area contributed by atoms with Crippen LogP contribution in [0.1, 0.15) is 38.7 Å². The molecule has 13 heteroatoms. The number of methoxy groups -OCH3 is 1. The smallest absolute Gasteiger partial charge is 0.240 e. The summed E-state index contributed by atoms with van der Waals surface area (Å²) in [6.07, 6.45) is 3.76. The van der Waals surface area contributed by atoms with E-state index < -0.39 is 21.4 Å². The Bertz CT molecular complexity index is 1420. The summed E-state index contributed by atoms with van der Waals surface area (Å²) in [4.78, 5) is 8.22. The van der Waals surface area contributed by atoms with Crippen molar-refractivity contribution in [1.82, 2.24) is 34.5 Å². The first-order valence-corrected chi connectivity index (χ1v) is 12.4. The molecule has 34 heavy (non-hydrogen) atoms. The molecule has 0 fully saturated rings. The van der Waals surface area contributed by atoms with Gasteiger partial charge in [0.15, 0.2) is 11.6 Å². The normalized spacial score (nSPS) is 14.0. The molecule has 3 aromatic heterocycles. The zero-order valence-electron chi connectivity index (χ0n) is 19.3. The van der Waals surface area contributed by atoms with Crippen LogP contribution < -0.4 is 4.72 Å². The van der Waals surface area contributed by atoms with Gasteiger partial charge in [0, 0.05) is 49.7 Å². The van der Waals surface area contributed by atoms with Gasteiger partial charge >= 0.3 is 0 Å². The Morgan fingerprint density at radius 3 is 2.47 bits per heavy atom. The first-order chi connectivity index (χ1) is 16.1. The lowest BCUT2D eigenvalue weighted by molar-refractivity contribution is 0.0950. The summed E-state index contributed by atoms with van der Waals surface area (Å²) in [5.41, 5.74) is 1.61. The van der Waals surface area contributed by atoms with E-state index >= 15 is 0 Å². The van der Waals surface area contributed by atoms with Gasteiger partial charge in [-0.3, -0.25) is 14.0 Å². The van der Waals surface area contributed by atoms with E-state index in [1.165, 1.54) is 26.4 Å². The zero-order valence-corrected chi connectivity index (χ0v) is 20.9. The molecule has 2 atom stereocenters. The van der Waals surface area contributed by atoms with Crippen LogP contribution in [0, 0.1) is 0 Å². The molecule has 0 aliphatic rings. The Morgan fingerprint density at radius 2 is 1.82 bits per heavy atom. The number of sulfonamides is 1. The van der Waals surface area contributed by atoms with E-state index in [0.717, 1.165) is 16.5 Å². The maximum atomic E-state index is 13.3. The minimum atomic E-state index is -3.97. The number of hydrogen-bond donors (Lipinski definition) is 1. The summed E-state index contributed by atoms with van der Waals surface area (Å²) >= 11 is 5.85. The van der Waals surface area contributed by atoms with Gasteiger partial charge in [0.1, 0.15) is 11.4 Å². The predicted molar refractivity (Wildman–Crippen MR) is 129 cm³/mol. The van der Waals surface area contributed by atoms with Gasteiger partial charge in [0.05, 0.1) is 10.5 Å². The Balaban J connectivity index is 1.71. The monoisotopic (exact) mass is 504 g/mol. The van der Waals surface area contributed by atoms with Crippen molar-refractivity contribution in [3.05, 3.63) is 47.6 Å². The topological polar surface area (TPSA) is 130 Å². The van der Waals surface area contributed by atoms with E-state index in [9.17, 15) is 8.42 Å². The van der Waals surface area contributed by atoms with Crippen LogP contribution in [0.4, 0.5) is 5.95 Å². The summed E-state index contributed by atoms with van der Waals surface area (Å²) in [7, 11) is -0.731. The van der Waals surface area contributed by atoms with Crippen LogP contribution in [0.2, 0.25) is 5.02 Å². The van der Waals surface area contributed by atoms with E-state index in [2.05, 4.69) is 30.0 Å². The number of fused-ring (bicyclic) bond motifs is 1. The lowest BCUT2D eigenvalue weighted by Gasteiger charge is -2.22. The third-order valence-electron chi connectivity index (χ3n) is 5.42. The Hall–Kier alpha value is -3.09. The number of hydrogen-bond acceptors (Lipinski definition) is 8. The van der Waals surface area contributed by atoms with Crippen molar-refractivity contribution in [2.75, 3.05) is 11.8 Å². The van der Waals surface area contributed by atoms with Crippen molar-refractivity contribution in [3.63, 3.8) is 0 Å². The molecule has 0 saturated carbocycles. The van der Waals surface area contributed by atoms with E-state index in [1.54, 1.807) is 9.25 Å². The molecule has 0 spiro atoms. The summed E-state index contributed by atoms with van der Waals surface area (Å²) in [5, 5.41) is 13.1. The van der Waals surface area contributed by atoms with Crippen molar-refractivity contribution >= 4 is 38.5 Å². The Kier molecular flexibility index (Phi) is 6.56. The van der Waals surface area contributed by atoms with Gasteiger partial charge in [-0.2, -0.15) is 5.10 Å². The Labute approximate surface area is 202 Å². The number of nitrogens with zero attached hydrogens (tertiary/aromatic N) is 7. The average Bonchev–Trinajstić information content (AvgIpc) is 3.37. The van der Waals surface area contributed by atoms with Gasteiger partial charge in [0.2, 0.25) is 16.0 Å². The van der Waals surface area contributed by atoms with Crippen LogP contribution in [0.5, 0.6) is 0 Å². The predicted octanol–water partition coefficient (Wildman–Crippen LogP) is 3.37. The molecular formula is C21H25ClN8O3S. The molecule has 1 N–H and O–H groups in total. The van der Waals surface area contributed by atoms with Crippen molar-refractivity contribution in [2.45, 2.75) is 38.2 Å². The van der Waals surface area contributed by atoms with Crippen LogP contribution in [0.3, 0.4) is 0 Å². The van der Waals surface area contributed by atoms with E-state index in [0.29, 0.717) is 10.8 Å². The van der Waals surface area contributed by atoms with E-state index in [-0.39, 0.29) is 17.8 Å². The van der Waals surface area contributed by atoms with Gasteiger partial charge in [-0.15, -0.1) is 10.2 Å². The van der Waals surface area contributed by atoms with Crippen LogP contribution >= 0.6 is 11.6 Å². The van der Waals surface area contributed by atoms with Gasteiger partial charge in [-0.1, -0.05) is 23.7 Å². The number of aromatic nitrogens is 7. The second-order valence-corrected chi connectivity index (χ2v) is 10.6. The van der Waals surface area contributed by atoms with Crippen molar-refractivity contribution < 1.29 is 13.2 Å². The molecule has 4 rings (SSSR count). The second kappa shape index (κ2) is 9.28. The second-order valence-electron chi connectivity index (χ2n) is 8.12. The SMILES string of the molecule is CO[C@H](c1ncc(Cl)cn1)[C@H](C)S(=O)(=O)Nc1nnc(-c2cccc3nn(C)cc23)n1C(C)C. The molecule has 0 aliphatic carbocycles. The number of nitrogens with one attached hydrogen (secondary N) is 1. The highest BCUT2D eigenvalue weighted by Crippen LogP contribution is 2.32. The minimum Gasteiger partial charge on any atom is -0.372 e. The molecule has 180 valence electrons. The van der Waals surface area contributed by atoms with Gasteiger partial charge < -0.3 is 4.74 Å². The molecule has 0 radical (unpaired) electrons. The summed E-state index contributed by atoms with van der Waals surface area (Å²) in [5.74, 6) is 0.840. The standard InChI is InChI=1S/C21H25ClN8O3S/c1-12(2)30-20(15-7-6-8-17-16(15)11-29(4)27-17)25-26-21(30)28-34(31,32)13(3)18(33-5)19-23-9-14(22)10-24-19/h6-13,18H,1-5H3,(H,26,28)/t13-,18-/m0/s1. The maximum Gasteiger partial charge on any atom is 0.240 e. The highest BCUT2D eigenvalue weighted by atomic mass is 35.5. The largest absolute Gasteiger partial charge is 0.372 e. The minimum absolute atomic E-state index is 0.102. The molecule has 11 nitrogen and oxygen atoms in total. The summed E-state index contributed by atoms with van der Waals surface area (Å²) < 4.78 is 38.1.